The molecule has 0 aromatic heterocycles. The van der Waals surface area contributed by atoms with E-state index in [1.165, 1.54) is 0 Å². The quantitative estimate of drug-likeness (QED) is 0.700. The zero-order valence-corrected chi connectivity index (χ0v) is 8.81. The number of hydrogen-bond donors (Lipinski definition) is 1. The monoisotopic (exact) mass is 206 g/mol. The molecule has 0 atom stereocenters. The minimum Gasteiger partial charge on any atom is -0.378 e. The largest absolute Gasteiger partial charge is 0.378 e. The predicted octanol–water partition coefficient (Wildman–Crippen LogP) is 1.17. The van der Waals surface area contributed by atoms with Gasteiger partial charge in [-0.2, -0.15) is 0 Å². The summed E-state index contributed by atoms with van der Waals surface area (Å²) < 4.78 is 0. The minimum atomic E-state index is -0.103. The Balaban J connectivity index is 2.55. The molecule has 1 aliphatic rings. The third-order valence-corrected chi connectivity index (χ3v) is 2.56. The third kappa shape index (κ3) is 1.28. The van der Waals surface area contributed by atoms with E-state index in [-0.39, 0.29) is 5.91 Å². The van der Waals surface area contributed by atoms with E-state index in [1.54, 1.807) is 0 Å². The summed E-state index contributed by atoms with van der Waals surface area (Å²) in [6.07, 6.45) is 0. The number of hydrogen-bond acceptors (Lipinski definition) is 3. The van der Waals surface area contributed by atoms with Crippen LogP contribution in [0, 0.1) is 0 Å². The fourth-order valence-corrected chi connectivity index (χ4v) is 1.70. The molecular weight excluding hydrogens is 196 g/mol. The van der Waals surface area contributed by atoms with Gasteiger partial charge in [0.2, 0.25) is 0 Å². The van der Waals surface area contributed by atoms with Gasteiger partial charge >= 0.3 is 0 Å². The Bertz CT molecular complexity index is 426. The van der Waals surface area contributed by atoms with Crippen LogP contribution in [0.4, 0.5) is 5.69 Å². The molecule has 0 spiro atoms. The molecule has 2 rings (SSSR count). The number of rotatable bonds is 1. The van der Waals surface area contributed by atoms with Gasteiger partial charge in [-0.05, 0) is 18.2 Å². The standard InChI is InChI=1S/C10H10N2OS/c1-12(2)6-3-4-7-8(5-6)9(13)11-10(7)14/h3-5H,1-2H3,(H,11,13,14). The second-order valence-electron chi connectivity index (χ2n) is 3.41. The summed E-state index contributed by atoms with van der Waals surface area (Å²) in [5.74, 6) is -0.103. The van der Waals surface area contributed by atoms with Crippen LogP contribution in [0.25, 0.3) is 0 Å². The van der Waals surface area contributed by atoms with E-state index in [0.717, 1.165) is 11.3 Å². The molecule has 0 unspecified atom stereocenters. The van der Waals surface area contributed by atoms with Crippen LogP contribution in [0.15, 0.2) is 18.2 Å². The lowest BCUT2D eigenvalue weighted by molar-refractivity contribution is 0.0984. The van der Waals surface area contributed by atoms with Crippen LogP contribution >= 0.6 is 12.2 Å². The Hall–Kier alpha value is -1.42. The molecule has 1 N–H and O–H groups in total. The van der Waals surface area contributed by atoms with Gasteiger partial charge in [0.1, 0.15) is 4.99 Å². The molecule has 1 heterocycles. The molecule has 0 fully saturated rings. The van der Waals surface area contributed by atoms with Gasteiger partial charge in [0, 0.05) is 25.3 Å². The van der Waals surface area contributed by atoms with Crippen LogP contribution in [-0.2, 0) is 0 Å². The zero-order valence-electron chi connectivity index (χ0n) is 8.00. The van der Waals surface area contributed by atoms with Gasteiger partial charge in [-0.3, -0.25) is 4.79 Å². The van der Waals surface area contributed by atoms with Crippen molar-refractivity contribution in [2.24, 2.45) is 0 Å². The lowest BCUT2D eigenvalue weighted by Crippen LogP contribution is -2.19. The normalized spacial score (nSPS) is 13.9. The molecule has 1 aromatic rings. The van der Waals surface area contributed by atoms with Gasteiger partial charge in [-0.15, -0.1) is 0 Å². The first-order chi connectivity index (χ1) is 6.59. The number of fused-ring (bicyclic) bond motifs is 1. The maximum Gasteiger partial charge on any atom is 0.257 e. The van der Waals surface area contributed by atoms with Crippen LogP contribution in [0.3, 0.4) is 0 Å². The first kappa shape index (κ1) is 9.15. The van der Waals surface area contributed by atoms with E-state index in [2.05, 4.69) is 5.32 Å². The summed E-state index contributed by atoms with van der Waals surface area (Å²) in [5.41, 5.74) is 2.50. The van der Waals surface area contributed by atoms with E-state index in [4.69, 9.17) is 12.2 Å². The van der Waals surface area contributed by atoms with E-state index >= 15 is 0 Å². The molecule has 72 valence electrons. The van der Waals surface area contributed by atoms with E-state index in [9.17, 15) is 4.79 Å². The van der Waals surface area contributed by atoms with Gasteiger partial charge in [-0.25, -0.2) is 0 Å². The van der Waals surface area contributed by atoms with E-state index < -0.39 is 0 Å². The van der Waals surface area contributed by atoms with Crippen molar-refractivity contribution in [3.63, 3.8) is 0 Å². The number of amides is 1. The summed E-state index contributed by atoms with van der Waals surface area (Å²) in [6.45, 7) is 0. The first-order valence-corrected chi connectivity index (χ1v) is 4.67. The van der Waals surface area contributed by atoms with Crippen LogP contribution in [0.5, 0.6) is 0 Å². The number of carbonyl (C=O) groups is 1. The highest BCUT2D eigenvalue weighted by Crippen LogP contribution is 2.21. The molecule has 0 aliphatic carbocycles. The Labute approximate surface area is 87.7 Å². The number of benzene rings is 1. The fraction of sp³-hybridized carbons (Fsp3) is 0.200. The van der Waals surface area contributed by atoms with Gasteiger partial charge in [0.05, 0.1) is 5.56 Å². The SMILES string of the molecule is CN(C)c1ccc2c(c1)C(=O)NC2=S. The van der Waals surface area contributed by atoms with E-state index in [0.29, 0.717) is 10.6 Å². The van der Waals surface area contributed by atoms with Crippen molar-refractivity contribution in [2.45, 2.75) is 0 Å². The molecule has 14 heavy (non-hydrogen) atoms. The highest BCUT2D eigenvalue weighted by molar-refractivity contribution is 7.80. The van der Waals surface area contributed by atoms with Crippen molar-refractivity contribution in [2.75, 3.05) is 19.0 Å². The molecule has 0 bridgehead atoms. The number of nitrogens with one attached hydrogen (secondary N) is 1. The maximum atomic E-state index is 11.4. The van der Waals surface area contributed by atoms with Crippen molar-refractivity contribution in [1.29, 1.82) is 0 Å². The van der Waals surface area contributed by atoms with Crippen LogP contribution in [0.1, 0.15) is 15.9 Å². The molecular formula is C10H10N2OS. The molecule has 1 aliphatic heterocycles. The summed E-state index contributed by atoms with van der Waals surface area (Å²) in [5, 5.41) is 2.62. The maximum absolute atomic E-state index is 11.4. The topological polar surface area (TPSA) is 32.3 Å². The molecule has 1 amide bonds. The van der Waals surface area contributed by atoms with Crippen molar-refractivity contribution in [3.8, 4) is 0 Å². The number of nitrogens with zero attached hydrogens (tertiary/aromatic N) is 1. The van der Waals surface area contributed by atoms with E-state index in [1.807, 2.05) is 37.2 Å². The summed E-state index contributed by atoms with van der Waals surface area (Å²) >= 11 is 5.01. The number of anilines is 1. The highest BCUT2D eigenvalue weighted by Gasteiger charge is 2.23. The Morgan fingerprint density at radius 2 is 2.00 bits per heavy atom. The first-order valence-electron chi connectivity index (χ1n) is 4.26. The van der Waals surface area contributed by atoms with Crippen LogP contribution < -0.4 is 10.2 Å². The molecule has 1 aromatic carbocycles. The van der Waals surface area contributed by atoms with Gasteiger partial charge < -0.3 is 10.2 Å². The predicted molar refractivity (Wildman–Crippen MR) is 59.9 cm³/mol. The third-order valence-electron chi connectivity index (χ3n) is 2.24. The number of thiocarbonyl (C=S) groups is 1. The Morgan fingerprint density at radius 3 is 2.64 bits per heavy atom. The van der Waals surface area contributed by atoms with Crippen molar-refractivity contribution in [3.05, 3.63) is 29.3 Å². The van der Waals surface area contributed by atoms with Crippen molar-refractivity contribution < 1.29 is 4.79 Å². The van der Waals surface area contributed by atoms with Crippen LogP contribution in [0.2, 0.25) is 0 Å². The fourth-order valence-electron chi connectivity index (χ4n) is 1.43. The second-order valence-corrected chi connectivity index (χ2v) is 3.82. The van der Waals surface area contributed by atoms with Crippen molar-refractivity contribution in [1.82, 2.24) is 5.32 Å². The number of carbonyl (C=O) groups excluding carboxylic acids is 1. The zero-order chi connectivity index (χ0) is 10.3. The molecule has 3 nitrogen and oxygen atoms in total. The van der Waals surface area contributed by atoms with Gasteiger partial charge in [0.15, 0.2) is 0 Å². The summed E-state index contributed by atoms with van der Waals surface area (Å²) in [6, 6.07) is 5.68. The second kappa shape index (κ2) is 3.06. The minimum absolute atomic E-state index is 0.103. The Kier molecular flexibility index (Phi) is 2.00. The molecule has 0 saturated carbocycles. The smallest absolute Gasteiger partial charge is 0.257 e. The van der Waals surface area contributed by atoms with Gasteiger partial charge in [-0.1, -0.05) is 12.2 Å². The Morgan fingerprint density at radius 1 is 1.29 bits per heavy atom. The average Bonchev–Trinajstić information content (AvgIpc) is 2.42. The highest BCUT2D eigenvalue weighted by atomic mass is 32.1. The summed E-state index contributed by atoms with van der Waals surface area (Å²) in [7, 11) is 3.87. The average molecular weight is 206 g/mol. The lowest BCUT2D eigenvalue weighted by Gasteiger charge is -2.12. The molecule has 0 radical (unpaired) electrons. The van der Waals surface area contributed by atoms with Gasteiger partial charge in [0.25, 0.3) is 5.91 Å². The van der Waals surface area contributed by atoms with Crippen molar-refractivity contribution >= 4 is 28.8 Å². The summed E-state index contributed by atoms with van der Waals surface area (Å²) in [4.78, 5) is 13.9. The molecule has 0 saturated heterocycles. The van der Waals surface area contributed by atoms with Crippen LogP contribution in [-0.4, -0.2) is 25.0 Å². The molecule has 4 heteroatoms. The lowest BCUT2D eigenvalue weighted by atomic mass is 10.1.